The molecule has 0 radical (unpaired) electrons. The molecule has 0 saturated carbocycles. The van der Waals surface area contributed by atoms with Gasteiger partial charge in [-0.05, 0) is 24.1 Å². The first kappa shape index (κ1) is 20.8. The first-order valence-corrected chi connectivity index (χ1v) is 8.20. The Kier molecular flexibility index (Phi) is 8.28. The van der Waals surface area contributed by atoms with Gasteiger partial charge < -0.3 is 15.3 Å². The molecule has 2 unspecified atom stereocenters. The standard InChI is InChI=1S/C15H16Cl2N4.NO3/c1-2-3-6-15(8-18,9-21-11-19-10-20-21)13-5-4-12(16)7-14(13)17;2-1(3)4/h4-5,7,10-11H,2-3,6,9H2,1H3;/q;-1/p+1. The van der Waals surface area contributed by atoms with E-state index in [1.165, 1.54) is 6.34 Å². The Morgan fingerprint density at radius 3 is 2.56 bits per heavy atom. The number of halogens is 2. The Labute approximate surface area is 155 Å². The lowest BCUT2D eigenvalue weighted by Crippen LogP contribution is -3.07. The third-order valence-corrected chi connectivity index (χ3v) is 4.16. The van der Waals surface area contributed by atoms with Crippen LogP contribution in [0.3, 0.4) is 0 Å². The SMILES string of the molecule is CCCCC(C#N)(C[NH+]1C=NC=N1)c1ccc(Cl)cc1Cl.O=[N+]([O-])[O-]. The maximum absolute atomic E-state index is 9.86. The van der Waals surface area contributed by atoms with E-state index in [0.717, 1.165) is 29.8 Å². The molecule has 1 aromatic carbocycles. The van der Waals surface area contributed by atoms with E-state index in [9.17, 15) is 5.26 Å². The number of aliphatic imine (C=N–C) groups is 1. The number of rotatable bonds is 6. The Bertz CT molecular complexity index is 689. The van der Waals surface area contributed by atoms with Crippen molar-refractivity contribution in [3.63, 3.8) is 0 Å². The Morgan fingerprint density at radius 2 is 2.08 bits per heavy atom. The van der Waals surface area contributed by atoms with Gasteiger partial charge in [0.25, 0.3) is 0 Å². The van der Waals surface area contributed by atoms with Crippen LogP contribution in [0, 0.1) is 26.7 Å². The van der Waals surface area contributed by atoms with Crippen molar-refractivity contribution in [2.75, 3.05) is 6.54 Å². The monoisotopic (exact) mass is 385 g/mol. The van der Waals surface area contributed by atoms with E-state index in [4.69, 9.17) is 38.5 Å². The van der Waals surface area contributed by atoms with Crippen LogP contribution in [0.5, 0.6) is 0 Å². The lowest BCUT2D eigenvalue weighted by Gasteiger charge is -2.27. The molecular weight excluding hydrogens is 369 g/mol. The quantitative estimate of drug-likeness (QED) is 0.597. The smallest absolute Gasteiger partial charge is 0.216 e. The number of nitrogens with zero attached hydrogens (tertiary/aromatic N) is 4. The number of benzene rings is 1. The van der Waals surface area contributed by atoms with Gasteiger partial charge in [0.2, 0.25) is 6.34 Å². The highest BCUT2D eigenvalue weighted by Crippen LogP contribution is 2.35. The van der Waals surface area contributed by atoms with E-state index in [-0.39, 0.29) is 0 Å². The summed E-state index contributed by atoms with van der Waals surface area (Å²) < 4.78 is 0. The highest BCUT2D eigenvalue weighted by Gasteiger charge is 2.39. The molecule has 0 saturated heterocycles. The maximum atomic E-state index is 9.86. The molecule has 2 rings (SSSR count). The minimum Gasteiger partial charge on any atom is -0.356 e. The summed E-state index contributed by atoms with van der Waals surface area (Å²) in [6, 6.07) is 7.78. The fourth-order valence-electron chi connectivity index (χ4n) is 2.49. The summed E-state index contributed by atoms with van der Waals surface area (Å²) >= 11 is 12.3. The average Bonchev–Trinajstić information content (AvgIpc) is 3.04. The maximum Gasteiger partial charge on any atom is 0.216 e. The second-order valence-electron chi connectivity index (χ2n) is 5.34. The zero-order chi connectivity index (χ0) is 18.9. The van der Waals surface area contributed by atoms with Crippen LogP contribution in [0.4, 0.5) is 0 Å². The summed E-state index contributed by atoms with van der Waals surface area (Å²) in [5, 5.41) is 30.7. The van der Waals surface area contributed by atoms with Gasteiger partial charge >= 0.3 is 0 Å². The molecule has 1 aliphatic heterocycles. The summed E-state index contributed by atoms with van der Waals surface area (Å²) in [5.74, 6) is 0. The zero-order valence-electron chi connectivity index (χ0n) is 13.5. The zero-order valence-corrected chi connectivity index (χ0v) is 15.0. The molecule has 2 atom stereocenters. The molecule has 0 spiro atoms. The number of unbranched alkanes of at least 4 members (excludes halogenated alkanes) is 1. The van der Waals surface area contributed by atoms with Crippen LogP contribution in [-0.4, -0.2) is 24.3 Å². The van der Waals surface area contributed by atoms with Crippen molar-refractivity contribution in [2.45, 2.75) is 31.6 Å². The van der Waals surface area contributed by atoms with Gasteiger partial charge in [0.05, 0.1) is 11.2 Å². The molecular formula is C15H17Cl2N5O3. The molecule has 0 amide bonds. The van der Waals surface area contributed by atoms with Crippen molar-refractivity contribution in [1.82, 2.24) is 0 Å². The van der Waals surface area contributed by atoms with E-state index >= 15 is 0 Å². The molecule has 1 aliphatic rings. The van der Waals surface area contributed by atoms with Crippen LogP contribution in [0.15, 0.2) is 28.3 Å². The molecule has 8 nitrogen and oxygen atoms in total. The molecule has 1 aromatic rings. The molecule has 0 aliphatic carbocycles. The average molecular weight is 386 g/mol. The van der Waals surface area contributed by atoms with Gasteiger partial charge in [0.1, 0.15) is 12.0 Å². The summed E-state index contributed by atoms with van der Waals surface area (Å²) in [6.07, 6.45) is 5.89. The molecule has 10 heteroatoms. The summed E-state index contributed by atoms with van der Waals surface area (Å²) in [6.45, 7) is 2.61. The number of hydrogen-bond acceptors (Lipinski definition) is 6. The molecule has 0 bridgehead atoms. The van der Waals surface area contributed by atoms with Crippen molar-refractivity contribution < 1.29 is 10.1 Å². The Balaban J connectivity index is 0.000000705. The van der Waals surface area contributed by atoms with E-state index in [1.807, 2.05) is 6.07 Å². The minimum absolute atomic E-state index is 0.505. The largest absolute Gasteiger partial charge is 0.356 e. The number of hydrogen-bond donors (Lipinski definition) is 1. The van der Waals surface area contributed by atoms with Crippen LogP contribution in [0.25, 0.3) is 0 Å². The summed E-state index contributed by atoms with van der Waals surface area (Å²) in [5.41, 5.74) is 0.119. The lowest BCUT2D eigenvalue weighted by molar-refractivity contribution is -0.807. The first-order chi connectivity index (χ1) is 11.8. The Morgan fingerprint density at radius 1 is 1.40 bits per heavy atom. The van der Waals surface area contributed by atoms with E-state index in [1.54, 1.807) is 18.5 Å². The van der Waals surface area contributed by atoms with Crippen molar-refractivity contribution in [2.24, 2.45) is 10.1 Å². The van der Waals surface area contributed by atoms with Crippen LogP contribution in [-0.2, 0) is 5.41 Å². The van der Waals surface area contributed by atoms with Crippen LogP contribution in [0.2, 0.25) is 10.0 Å². The summed E-state index contributed by atoms with van der Waals surface area (Å²) in [4.78, 5) is 12.2. The fourth-order valence-corrected chi connectivity index (χ4v) is 3.08. The number of nitrogens with one attached hydrogen (secondary N) is 1. The van der Waals surface area contributed by atoms with E-state index in [0.29, 0.717) is 16.6 Å². The van der Waals surface area contributed by atoms with Gasteiger partial charge in [-0.15, -0.1) is 0 Å². The van der Waals surface area contributed by atoms with E-state index in [2.05, 4.69) is 23.1 Å². The van der Waals surface area contributed by atoms with Crippen LogP contribution < -0.4 is 5.01 Å². The van der Waals surface area contributed by atoms with Gasteiger partial charge in [-0.3, -0.25) is 0 Å². The van der Waals surface area contributed by atoms with Crippen molar-refractivity contribution in [3.8, 4) is 6.07 Å². The van der Waals surface area contributed by atoms with Gasteiger partial charge in [-0.25, -0.2) is 0 Å². The predicted molar refractivity (Wildman–Crippen MR) is 96.5 cm³/mol. The van der Waals surface area contributed by atoms with Crippen molar-refractivity contribution in [3.05, 3.63) is 49.1 Å². The van der Waals surface area contributed by atoms with Crippen molar-refractivity contribution >= 4 is 35.9 Å². The Hall–Kier alpha value is -2.21. The highest BCUT2D eigenvalue weighted by atomic mass is 35.5. The molecule has 0 fully saturated rings. The van der Waals surface area contributed by atoms with Gasteiger partial charge in [-0.1, -0.05) is 54.1 Å². The lowest BCUT2D eigenvalue weighted by atomic mass is 9.77. The van der Waals surface area contributed by atoms with Crippen LogP contribution >= 0.6 is 23.2 Å². The van der Waals surface area contributed by atoms with Crippen molar-refractivity contribution in [1.29, 1.82) is 5.26 Å². The third-order valence-electron chi connectivity index (χ3n) is 3.61. The molecule has 0 aromatic heterocycles. The molecule has 25 heavy (non-hydrogen) atoms. The topological polar surface area (TPSA) is 119 Å². The number of quaternary nitrogens is 1. The van der Waals surface area contributed by atoms with E-state index < -0.39 is 10.5 Å². The third kappa shape index (κ3) is 6.31. The first-order valence-electron chi connectivity index (χ1n) is 7.44. The second-order valence-corrected chi connectivity index (χ2v) is 6.18. The predicted octanol–water partition coefficient (Wildman–Crippen LogP) is 2.58. The molecule has 1 heterocycles. The molecule has 134 valence electrons. The van der Waals surface area contributed by atoms with Gasteiger partial charge in [0, 0.05) is 10.0 Å². The van der Waals surface area contributed by atoms with Gasteiger partial charge in [0.15, 0.2) is 6.34 Å². The van der Waals surface area contributed by atoms with Crippen LogP contribution in [0.1, 0.15) is 31.7 Å². The molecule has 1 N–H and O–H groups in total. The number of nitriles is 1. The second kappa shape index (κ2) is 9.93. The summed E-state index contributed by atoms with van der Waals surface area (Å²) in [7, 11) is 0. The normalized spacial score (nSPS) is 17.3. The highest BCUT2D eigenvalue weighted by molar-refractivity contribution is 6.35. The van der Waals surface area contributed by atoms with Gasteiger partial charge in [-0.2, -0.15) is 15.3 Å². The fraction of sp³-hybridized carbons (Fsp3) is 0.400. The minimum atomic E-state index is -1.75.